The zero-order valence-corrected chi connectivity index (χ0v) is 10.4. The molecule has 2 unspecified atom stereocenters. The standard InChI is InChI=1S/C12H19NOS/c1-11(2)6-4-10(14-11)8-12(9-13)5-3-7-15-12/h10H,3-8H2,1-2H3. The van der Waals surface area contributed by atoms with Gasteiger partial charge in [-0.1, -0.05) is 0 Å². The van der Waals surface area contributed by atoms with Crippen molar-refractivity contribution in [2.24, 2.45) is 0 Å². The predicted octanol–water partition coefficient (Wildman–Crippen LogP) is 3.12. The van der Waals surface area contributed by atoms with Crippen molar-refractivity contribution >= 4 is 11.8 Å². The monoisotopic (exact) mass is 225 g/mol. The maximum absolute atomic E-state index is 9.28. The molecule has 2 atom stereocenters. The molecule has 0 aromatic carbocycles. The Hall–Kier alpha value is -0.200. The highest BCUT2D eigenvalue weighted by molar-refractivity contribution is 8.01. The van der Waals surface area contributed by atoms with Crippen LogP contribution in [0.1, 0.15) is 46.0 Å². The van der Waals surface area contributed by atoms with E-state index in [4.69, 9.17) is 4.74 Å². The molecule has 2 aliphatic rings. The lowest BCUT2D eigenvalue weighted by molar-refractivity contribution is -0.0203. The second kappa shape index (κ2) is 3.99. The number of nitriles is 1. The summed E-state index contributed by atoms with van der Waals surface area (Å²) in [7, 11) is 0. The van der Waals surface area contributed by atoms with Gasteiger partial charge in [-0.3, -0.25) is 0 Å². The van der Waals surface area contributed by atoms with Gasteiger partial charge in [0.2, 0.25) is 0 Å². The average molecular weight is 225 g/mol. The fraction of sp³-hybridized carbons (Fsp3) is 0.917. The summed E-state index contributed by atoms with van der Waals surface area (Å²) in [6.07, 6.45) is 5.73. The van der Waals surface area contributed by atoms with Gasteiger partial charge in [0, 0.05) is 6.42 Å². The molecular weight excluding hydrogens is 206 g/mol. The lowest BCUT2D eigenvalue weighted by atomic mass is 9.95. The van der Waals surface area contributed by atoms with Gasteiger partial charge in [0.05, 0.1) is 17.8 Å². The van der Waals surface area contributed by atoms with Crippen LogP contribution in [-0.4, -0.2) is 22.2 Å². The molecule has 15 heavy (non-hydrogen) atoms. The number of nitrogens with zero attached hydrogens (tertiary/aromatic N) is 1. The fourth-order valence-corrected chi connectivity index (χ4v) is 3.92. The minimum atomic E-state index is -0.134. The van der Waals surface area contributed by atoms with Crippen LogP contribution in [0.4, 0.5) is 0 Å². The van der Waals surface area contributed by atoms with Crippen molar-refractivity contribution in [3.63, 3.8) is 0 Å². The van der Waals surface area contributed by atoms with E-state index in [2.05, 4.69) is 19.9 Å². The van der Waals surface area contributed by atoms with Crippen molar-refractivity contribution in [2.45, 2.75) is 62.4 Å². The molecule has 0 aliphatic carbocycles. The molecule has 2 saturated heterocycles. The molecule has 0 aromatic heterocycles. The fourth-order valence-electron chi connectivity index (χ4n) is 2.58. The Bertz CT molecular complexity index is 276. The summed E-state index contributed by atoms with van der Waals surface area (Å²) in [6.45, 7) is 4.29. The molecule has 0 aromatic rings. The van der Waals surface area contributed by atoms with Crippen LogP contribution in [0, 0.1) is 11.3 Å². The highest BCUT2D eigenvalue weighted by atomic mass is 32.2. The molecule has 0 amide bonds. The van der Waals surface area contributed by atoms with Gasteiger partial charge >= 0.3 is 0 Å². The summed E-state index contributed by atoms with van der Waals surface area (Å²) >= 11 is 1.84. The molecular formula is C12H19NOS. The molecule has 2 fully saturated rings. The van der Waals surface area contributed by atoms with Gasteiger partial charge in [0.1, 0.15) is 4.75 Å². The van der Waals surface area contributed by atoms with Crippen molar-refractivity contribution in [1.29, 1.82) is 5.26 Å². The maximum atomic E-state index is 9.28. The molecule has 0 radical (unpaired) electrons. The summed E-state index contributed by atoms with van der Waals surface area (Å²) < 4.78 is 5.84. The second-order valence-corrected chi connectivity index (χ2v) is 6.78. The van der Waals surface area contributed by atoms with Gasteiger partial charge < -0.3 is 4.74 Å². The molecule has 2 rings (SSSR count). The van der Waals surface area contributed by atoms with Crippen molar-refractivity contribution in [2.75, 3.05) is 5.75 Å². The van der Waals surface area contributed by atoms with E-state index in [1.54, 1.807) is 0 Å². The van der Waals surface area contributed by atoms with E-state index in [1.807, 2.05) is 11.8 Å². The van der Waals surface area contributed by atoms with Crippen LogP contribution < -0.4 is 0 Å². The zero-order valence-electron chi connectivity index (χ0n) is 9.58. The lowest BCUT2D eigenvalue weighted by Gasteiger charge is -2.25. The minimum absolute atomic E-state index is 0.0323. The Labute approximate surface area is 96.4 Å². The number of thioether (sulfide) groups is 1. The lowest BCUT2D eigenvalue weighted by Crippen LogP contribution is -2.28. The first-order chi connectivity index (χ1) is 7.05. The van der Waals surface area contributed by atoms with Gasteiger partial charge in [-0.15, -0.1) is 11.8 Å². The molecule has 0 saturated carbocycles. The van der Waals surface area contributed by atoms with Crippen LogP contribution in [0.25, 0.3) is 0 Å². The average Bonchev–Trinajstić information content (AvgIpc) is 2.75. The molecule has 0 N–H and O–H groups in total. The van der Waals surface area contributed by atoms with E-state index < -0.39 is 0 Å². The third kappa shape index (κ3) is 2.49. The number of hydrogen-bond donors (Lipinski definition) is 0. The quantitative estimate of drug-likeness (QED) is 0.724. The first-order valence-electron chi connectivity index (χ1n) is 5.78. The normalized spacial score (nSPS) is 39.1. The molecule has 0 spiro atoms. The first-order valence-corrected chi connectivity index (χ1v) is 6.77. The van der Waals surface area contributed by atoms with Gasteiger partial charge in [-0.25, -0.2) is 0 Å². The van der Waals surface area contributed by atoms with Crippen molar-refractivity contribution in [1.82, 2.24) is 0 Å². The Kier molecular flexibility index (Phi) is 3.00. The predicted molar refractivity (Wildman–Crippen MR) is 62.8 cm³/mol. The number of ether oxygens (including phenoxy) is 1. The van der Waals surface area contributed by atoms with Gasteiger partial charge in [0.25, 0.3) is 0 Å². The van der Waals surface area contributed by atoms with Gasteiger partial charge in [-0.05, 0) is 45.3 Å². The van der Waals surface area contributed by atoms with Crippen LogP contribution in [0.2, 0.25) is 0 Å². The summed E-state index contributed by atoms with van der Waals surface area (Å²) in [6, 6.07) is 2.51. The van der Waals surface area contributed by atoms with Gasteiger partial charge in [0.15, 0.2) is 0 Å². The highest BCUT2D eigenvalue weighted by Gasteiger charge is 2.41. The summed E-state index contributed by atoms with van der Waals surface area (Å²) in [5, 5.41) is 9.28. The van der Waals surface area contributed by atoms with Crippen molar-refractivity contribution in [3.8, 4) is 6.07 Å². The molecule has 84 valence electrons. The Morgan fingerprint density at radius 3 is 2.73 bits per heavy atom. The summed E-state index contributed by atoms with van der Waals surface area (Å²) in [5.41, 5.74) is 0.0323. The molecule has 2 aliphatic heterocycles. The van der Waals surface area contributed by atoms with Crippen molar-refractivity contribution in [3.05, 3.63) is 0 Å². The van der Waals surface area contributed by atoms with Crippen molar-refractivity contribution < 1.29 is 4.74 Å². The van der Waals surface area contributed by atoms with E-state index in [0.29, 0.717) is 6.10 Å². The Morgan fingerprint density at radius 2 is 2.27 bits per heavy atom. The van der Waals surface area contributed by atoms with E-state index >= 15 is 0 Å². The SMILES string of the molecule is CC1(C)CCC(CC2(C#N)CCCS2)O1. The maximum Gasteiger partial charge on any atom is 0.105 e. The summed E-state index contributed by atoms with van der Waals surface area (Å²) in [5.74, 6) is 1.14. The Morgan fingerprint density at radius 1 is 1.47 bits per heavy atom. The van der Waals surface area contributed by atoms with Crippen LogP contribution >= 0.6 is 11.8 Å². The van der Waals surface area contributed by atoms with Crippen LogP contribution in [0.3, 0.4) is 0 Å². The smallest absolute Gasteiger partial charge is 0.105 e. The highest BCUT2D eigenvalue weighted by Crippen LogP contribution is 2.44. The third-order valence-electron chi connectivity index (χ3n) is 3.42. The first kappa shape index (κ1) is 11.3. The second-order valence-electron chi connectivity index (χ2n) is 5.30. The number of rotatable bonds is 2. The largest absolute Gasteiger partial charge is 0.372 e. The van der Waals surface area contributed by atoms with E-state index in [0.717, 1.165) is 31.4 Å². The van der Waals surface area contributed by atoms with E-state index in [1.165, 1.54) is 6.42 Å². The van der Waals surface area contributed by atoms with E-state index in [-0.39, 0.29) is 10.3 Å². The molecule has 2 heterocycles. The molecule has 3 heteroatoms. The van der Waals surface area contributed by atoms with E-state index in [9.17, 15) is 5.26 Å². The summed E-state index contributed by atoms with van der Waals surface area (Å²) in [4.78, 5) is 0. The van der Waals surface area contributed by atoms with Crippen LogP contribution in [-0.2, 0) is 4.74 Å². The minimum Gasteiger partial charge on any atom is -0.372 e. The number of hydrogen-bond acceptors (Lipinski definition) is 3. The van der Waals surface area contributed by atoms with Gasteiger partial charge in [-0.2, -0.15) is 5.26 Å². The Balaban J connectivity index is 1.95. The zero-order chi connectivity index (χ0) is 10.9. The van der Waals surface area contributed by atoms with Crippen LogP contribution in [0.15, 0.2) is 0 Å². The molecule has 0 bridgehead atoms. The third-order valence-corrected chi connectivity index (χ3v) is 4.93. The topological polar surface area (TPSA) is 33.0 Å². The van der Waals surface area contributed by atoms with Crippen LogP contribution in [0.5, 0.6) is 0 Å². The molecule has 2 nitrogen and oxygen atoms in total.